The van der Waals surface area contributed by atoms with Crippen LogP contribution in [0.5, 0.6) is 0 Å². The molecule has 0 saturated heterocycles. The number of hydrogen-bond donors (Lipinski definition) is 4. The van der Waals surface area contributed by atoms with Crippen molar-refractivity contribution < 1.29 is 29.0 Å². The Balaban J connectivity index is 1.71. The van der Waals surface area contributed by atoms with Crippen molar-refractivity contribution in [3.8, 4) is 0 Å². The summed E-state index contributed by atoms with van der Waals surface area (Å²) >= 11 is 0. The fourth-order valence-electron chi connectivity index (χ4n) is 5.94. The minimum Gasteiger partial charge on any atom is -0.392 e. The van der Waals surface area contributed by atoms with Gasteiger partial charge in [-0.25, -0.2) is 0 Å². The van der Waals surface area contributed by atoms with Gasteiger partial charge >= 0.3 is 0 Å². The van der Waals surface area contributed by atoms with Gasteiger partial charge in [-0.15, -0.1) is 0 Å². The zero-order valence-corrected chi connectivity index (χ0v) is 27.2. The molecule has 0 spiro atoms. The lowest BCUT2D eigenvalue weighted by Crippen LogP contribution is -2.49. The second kappa shape index (κ2) is 15.1. The van der Waals surface area contributed by atoms with Gasteiger partial charge in [0.15, 0.2) is 5.78 Å². The molecule has 3 amide bonds. The van der Waals surface area contributed by atoms with Crippen molar-refractivity contribution in [3.05, 3.63) is 107 Å². The highest BCUT2D eigenvalue weighted by Gasteiger charge is 2.39. The summed E-state index contributed by atoms with van der Waals surface area (Å²) in [6.07, 6.45) is 2.92. The molecule has 1 aliphatic heterocycles. The fourth-order valence-corrected chi connectivity index (χ4v) is 5.94. The molecule has 0 bridgehead atoms. The lowest BCUT2D eigenvalue weighted by atomic mass is 9.83. The molecule has 11 nitrogen and oxygen atoms in total. The number of aromatic nitrogens is 1. The van der Waals surface area contributed by atoms with Gasteiger partial charge in [-0.3, -0.25) is 24.2 Å². The van der Waals surface area contributed by atoms with Crippen molar-refractivity contribution in [2.75, 3.05) is 12.0 Å². The third-order valence-corrected chi connectivity index (χ3v) is 8.06. The second-order valence-electron chi connectivity index (χ2n) is 12.8. The lowest BCUT2D eigenvalue weighted by molar-refractivity contribution is -0.126. The largest absolute Gasteiger partial charge is 0.392 e. The van der Waals surface area contributed by atoms with Crippen LogP contribution in [0.1, 0.15) is 66.8 Å². The van der Waals surface area contributed by atoms with E-state index in [1.807, 2.05) is 26.8 Å². The number of benzene rings is 2. The number of hydrogen-bond acceptors (Lipinski definition) is 8. The van der Waals surface area contributed by atoms with E-state index in [0.717, 1.165) is 5.56 Å². The molecule has 0 radical (unpaired) electrons. The number of ketones is 1. The highest BCUT2D eigenvalue weighted by Crippen LogP contribution is 2.39. The number of nitrogens with two attached hydrogens (primary N) is 2. The number of nitrogens with zero attached hydrogens (tertiary/aromatic N) is 2. The molecule has 11 heteroatoms. The fraction of sp³-hybridized carbons (Fsp3) is 0.361. The third-order valence-electron chi connectivity index (χ3n) is 8.06. The highest BCUT2D eigenvalue weighted by molar-refractivity contribution is 6.02. The minimum absolute atomic E-state index is 0.00158. The first-order chi connectivity index (χ1) is 22.3. The zero-order valence-electron chi connectivity index (χ0n) is 27.2. The maximum atomic E-state index is 14.3. The highest BCUT2D eigenvalue weighted by atomic mass is 16.5. The smallest absolute Gasteiger partial charge is 0.265 e. The molecule has 3 aromatic rings. The summed E-state index contributed by atoms with van der Waals surface area (Å²) in [7, 11) is 1.49. The molecule has 0 fully saturated rings. The summed E-state index contributed by atoms with van der Waals surface area (Å²) in [4.78, 5) is 58.3. The molecule has 2 aromatic carbocycles. The van der Waals surface area contributed by atoms with Gasteiger partial charge in [0.25, 0.3) is 11.8 Å². The van der Waals surface area contributed by atoms with E-state index in [2.05, 4.69) is 10.3 Å². The number of pyridine rings is 1. The van der Waals surface area contributed by atoms with Gasteiger partial charge in [-0.1, -0.05) is 42.5 Å². The van der Waals surface area contributed by atoms with E-state index in [0.29, 0.717) is 22.4 Å². The summed E-state index contributed by atoms with van der Waals surface area (Å²) in [6.45, 7) is 5.65. The summed E-state index contributed by atoms with van der Waals surface area (Å²) in [5, 5.41) is 14.7. The Morgan fingerprint density at radius 1 is 0.979 bits per heavy atom. The molecule has 4 unspecified atom stereocenters. The van der Waals surface area contributed by atoms with Crippen molar-refractivity contribution in [3.63, 3.8) is 0 Å². The Hall–Kier alpha value is -4.87. The number of para-hydroxylation sites is 1. The van der Waals surface area contributed by atoms with Crippen LogP contribution in [-0.2, 0) is 32.0 Å². The van der Waals surface area contributed by atoms with Crippen LogP contribution < -0.4 is 21.7 Å². The third kappa shape index (κ3) is 8.90. The number of anilines is 1. The number of primary amides is 2. The summed E-state index contributed by atoms with van der Waals surface area (Å²) in [6, 6.07) is 16.5. The molecule has 47 heavy (non-hydrogen) atoms. The Labute approximate surface area is 275 Å². The van der Waals surface area contributed by atoms with Crippen LogP contribution in [0.15, 0.2) is 84.8 Å². The lowest BCUT2D eigenvalue weighted by Gasteiger charge is -2.39. The van der Waals surface area contributed by atoms with Crippen LogP contribution in [0.25, 0.3) is 0 Å². The summed E-state index contributed by atoms with van der Waals surface area (Å²) < 4.78 is 5.58. The number of carbonyl (C=O) groups excluding carboxylic acids is 4. The Bertz CT molecular complexity index is 1630. The first kappa shape index (κ1) is 35.0. The van der Waals surface area contributed by atoms with E-state index in [1.54, 1.807) is 67.0 Å². The van der Waals surface area contributed by atoms with Crippen molar-refractivity contribution >= 4 is 29.2 Å². The maximum Gasteiger partial charge on any atom is 0.265 e. The molecule has 248 valence electrons. The van der Waals surface area contributed by atoms with Crippen LogP contribution in [0, 0.1) is 5.92 Å². The molecule has 2 heterocycles. The number of Topliss-reactive ketones (excluding diaryl/α,β-unsaturated/α-hetero) is 1. The zero-order chi connectivity index (χ0) is 34.3. The SMILES string of the molecule is COC1C=C(C(N)=O)N(C(CC(N)=O)C(=O)CC(Cc2cccnc2)C(O)Cc2ccccc2C(=O)NC(C)(C)C)c2ccccc21. The molecular formula is C36H43N5O6. The molecule has 0 aliphatic carbocycles. The molecule has 6 N–H and O–H groups in total. The van der Waals surface area contributed by atoms with Crippen molar-refractivity contribution in [2.45, 2.75) is 70.2 Å². The number of rotatable bonds is 14. The Kier molecular flexibility index (Phi) is 11.3. The number of fused-ring (bicyclic) bond motifs is 1. The predicted molar refractivity (Wildman–Crippen MR) is 178 cm³/mol. The normalized spacial score (nSPS) is 16.3. The molecule has 4 rings (SSSR count). The first-order valence-electron chi connectivity index (χ1n) is 15.5. The summed E-state index contributed by atoms with van der Waals surface area (Å²) in [5.74, 6) is -2.91. The van der Waals surface area contributed by atoms with Gasteiger partial charge in [0.2, 0.25) is 5.91 Å². The van der Waals surface area contributed by atoms with Gasteiger partial charge in [0, 0.05) is 48.3 Å². The van der Waals surface area contributed by atoms with Gasteiger partial charge in [-0.05, 0) is 74.9 Å². The number of aliphatic hydroxyl groups excluding tert-OH is 1. The van der Waals surface area contributed by atoms with Crippen LogP contribution in [0.4, 0.5) is 5.69 Å². The van der Waals surface area contributed by atoms with Gasteiger partial charge < -0.3 is 31.5 Å². The van der Waals surface area contributed by atoms with E-state index in [-0.39, 0.29) is 30.9 Å². The predicted octanol–water partition coefficient (Wildman–Crippen LogP) is 3.15. The monoisotopic (exact) mass is 641 g/mol. The number of aliphatic hydroxyl groups is 1. The van der Waals surface area contributed by atoms with E-state index < -0.39 is 53.7 Å². The number of amides is 3. The average Bonchev–Trinajstić information content (AvgIpc) is 3.02. The Morgan fingerprint density at radius 3 is 2.32 bits per heavy atom. The number of ether oxygens (including phenoxy) is 1. The van der Waals surface area contributed by atoms with E-state index in [1.165, 1.54) is 18.1 Å². The molecule has 4 atom stereocenters. The van der Waals surface area contributed by atoms with Crippen molar-refractivity contribution in [1.82, 2.24) is 10.3 Å². The average molecular weight is 642 g/mol. The topological polar surface area (TPSA) is 178 Å². The molecule has 1 aliphatic rings. The molecular weight excluding hydrogens is 598 g/mol. The first-order valence-corrected chi connectivity index (χ1v) is 15.5. The van der Waals surface area contributed by atoms with Crippen LogP contribution in [0.3, 0.4) is 0 Å². The number of carbonyl (C=O) groups is 4. The maximum absolute atomic E-state index is 14.3. The van der Waals surface area contributed by atoms with Crippen LogP contribution in [0.2, 0.25) is 0 Å². The van der Waals surface area contributed by atoms with Crippen LogP contribution in [-0.4, -0.2) is 58.4 Å². The Morgan fingerprint density at radius 2 is 1.68 bits per heavy atom. The van der Waals surface area contributed by atoms with Crippen molar-refractivity contribution in [1.29, 1.82) is 0 Å². The minimum atomic E-state index is -1.20. The molecule has 1 aromatic heterocycles. The second-order valence-corrected chi connectivity index (χ2v) is 12.8. The number of methoxy groups -OCH3 is 1. The van der Waals surface area contributed by atoms with Gasteiger partial charge in [-0.2, -0.15) is 0 Å². The standard InChI is InChI=1S/C36H43N5O6/c1-36(2,3)40-35(46)25-12-6-5-11-23(25)17-30(42)24(16-22-10-9-15-39-21-22)18-31(43)28(20-33(37)44)41-27-14-8-7-13-26(27)32(47-4)19-29(41)34(38)45/h5-15,19,21,24,28,30,32,42H,16-18,20H2,1-4H3,(H2,37,44)(H2,38,45)(H,40,46). The summed E-state index contributed by atoms with van der Waals surface area (Å²) in [5.41, 5.74) is 14.0. The van der Waals surface area contributed by atoms with Gasteiger partial charge in [0.05, 0.1) is 12.5 Å². The van der Waals surface area contributed by atoms with E-state index in [9.17, 15) is 24.3 Å². The van der Waals surface area contributed by atoms with Gasteiger partial charge in [0.1, 0.15) is 17.8 Å². The quantitative estimate of drug-likeness (QED) is 0.207. The van der Waals surface area contributed by atoms with E-state index in [4.69, 9.17) is 16.2 Å². The van der Waals surface area contributed by atoms with Crippen LogP contribution >= 0.6 is 0 Å². The van der Waals surface area contributed by atoms with Crippen molar-refractivity contribution in [2.24, 2.45) is 17.4 Å². The number of nitrogens with one attached hydrogen (secondary N) is 1. The van der Waals surface area contributed by atoms with E-state index >= 15 is 0 Å². The molecule has 0 saturated carbocycles.